The lowest BCUT2D eigenvalue weighted by Gasteiger charge is -2.11. The standard InChI is InChI=1S/C11H11BrN2/c12-10-4-3-8(5-9(10)6-13)11(14)7-1-2-7/h3-5,7,11H,1-2,14H2/t11-/m1/s1. The highest BCUT2D eigenvalue weighted by molar-refractivity contribution is 9.10. The molecule has 1 atom stereocenters. The van der Waals surface area contributed by atoms with Crippen molar-refractivity contribution < 1.29 is 0 Å². The third kappa shape index (κ3) is 1.82. The average molecular weight is 251 g/mol. The topological polar surface area (TPSA) is 49.8 Å². The molecule has 0 spiro atoms. The summed E-state index contributed by atoms with van der Waals surface area (Å²) in [4.78, 5) is 0. The van der Waals surface area contributed by atoms with E-state index < -0.39 is 0 Å². The van der Waals surface area contributed by atoms with E-state index in [1.807, 2.05) is 18.2 Å². The highest BCUT2D eigenvalue weighted by atomic mass is 79.9. The fourth-order valence-corrected chi connectivity index (χ4v) is 1.90. The van der Waals surface area contributed by atoms with Gasteiger partial charge in [0.05, 0.1) is 5.56 Å². The molecule has 0 aromatic heterocycles. The van der Waals surface area contributed by atoms with E-state index in [2.05, 4.69) is 22.0 Å². The zero-order chi connectivity index (χ0) is 10.1. The zero-order valence-electron chi connectivity index (χ0n) is 7.70. The van der Waals surface area contributed by atoms with Crippen molar-refractivity contribution in [3.63, 3.8) is 0 Å². The van der Waals surface area contributed by atoms with Gasteiger partial charge in [0.1, 0.15) is 6.07 Å². The van der Waals surface area contributed by atoms with Crippen molar-refractivity contribution in [3.8, 4) is 6.07 Å². The van der Waals surface area contributed by atoms with Crippen molar-refractivity contribution in [1.29, 1.82) is 5.26 Å². The smallest absolute Gasteiger partial charge is 0.100 e. The van der Waals surface area contributed by atoms with Gasteiger partial charge in [0.2, 0.25) is 0 Å². The molecular formula is C11H11BrN2. The molecule has 2 N–H and O–H groups in total. The van der Waals surface area contributed by atoms with Gasteiger partial charge in [-0.25, -0.2) is 0 Å². The van der Waals surface area contributed by atoms with Gasteiger partial charge in [-0.2, -0.15) is 5.26 Å². The van der Waals surface area contributed by atoms with E-state index >= 15 is 0 Å². The molecule has 2 rings (SSSR count). The maximum Gasteiger partial charge on any atom is 0.100 e. The molecule has 1 fully saturated rings. The minimum atomic E-state index is 0.107. The Morgan fingerprint density at radius 1 is 1.50 bits per heavy atom. The van der Waals surface area contributed by atoms with Crippen molar-refractivity contribution in [3.05, 3.63) is 33.8 Å². The highest BCUT2D eigenvalue weighted by Gasteiger charge is 2.29. The normalized spacial score (nSPS) is 17.5. The summed E-state index contributed by atoms with van der Waals surface area (Å²) in [6.45, 7) is 0. The molecule has 0 amide bonds. The van der Waals surface area contributed by atoms with Crippen LogP contribution in [0.2, 0.25) is 0 Å². The van der Waals surface area contributed by atoms with Crippen molar-refractivity contribution in [2.75, 3.05) is 0 Å². The van der Waals surface area contributed by atoms with Gasteiger partial charge in [-0.3, -0.25) is 0 Å². The number of hydrogen-bond donors (Lipinski definition) is 1. The molecule has 72 valence electrons. The van der Waals surface area contributed by atoms with Crippen molar-refractivity contribution in [2.24, 2.45) is 11.7 Å². The van der Waals surface area contributed by atoms with E-state index in [1.165, 1.54) is 12.8 Å². The Hall–Kier alpha value is -0.850. The maximum absolute atomic E-state index is 8.86. The molecule has 0 bridgehead atoms. The molecule has 3 heteroatoms. The number of halogens is 1. The van der Waals surface area contributed by atoms with Gasteiger partial charge in [-0.05, 0) is 52.4 Å². The van der Waals surface area contributed by atoms with Gasteiger partial charge >= 0.3 is 0 Å². The lowest BCUT2D eigenvalue weighted by molar-refractivity contribution is 0.633. The molecule has 0 aliphatic heterocycles. The summed E-state index contributed by atoms with van der Waals surface area (Å²) in [6, 6.07) is 8.03. The minimum Gasteiger partial charge on any atom is -0.324 e. The van der Waals surface area contributed by atoms with Crippen LogP contribution in [0.25, 0.3) is 0 Å². The Morgan fingerprint density at radius 3 is 2.79 bits per heavy atom. The molecule has 1 aromatic rings. The predicted molar refractivity (Wildman–Crippen MR) is 58.5 cm³/mol. The Balaban J connectivity index is 2.30. The quantitative estimate of drug-likeness (QED) is 0.878. The number of benzene rings is 1. The summed E-state index contributed by atoms with van der Waals surface area (Å²) in [5, 5.41) is 8.86. The second kappa shape index (κ2) is 3.72. The first-order chi connectivity index (χ1) is 6.72. The Labute approximate surface area is 91.9 Å². The van der Waals surface area contributed by atoms with Crippen molar-refractivity contribution >= 4 is 15.9 Å². The van der Waals surface area contributed by atoms with Crippen LogP contribution in [0.5, 0.6) is 0 Å². The van der Waals surface area contributed by atoms with Crippen LogP contribution >= 0.6 is 15.9 Å². The van der Waals surface area contributed by atoms with Gasteiger partial charge in [-0.15, -0.1) is 0 Å². The number of rotatable bonds is 2. The van der Waals surface area contributed by atoms with Gasteiger partial charge < -0.3 is 5.73 Å². The molecule has 2 nitrogen and oxygen atoms in total. The maximum atomic E-state index is 8.86. The summed E-state index contributed by atoms with van der Waals surface area (Å²) in [7, 11) is 0. The highest BCUT2D eigenvalue weighted by Crippen LogP contribution is 2.39. The van der Waals surface area contributed by atoms with E-state index in [4.69, 9.17) is 11.0 Å². The summed E-state index contributed by atoms with van der Waals surface area (Å²) in [5.41, 5.74) is 7.79. The number of nitriles is 1. The zero-order valence-corrected chi connectivity index (χ0v) is 9.29. The fraction of sp³-hybridized carbons (Fsp3) is 0.364. The van der Waals surface area contributed by atoms with Crippen LogP contribution in [0.15, 0.2) is 22.7 Å². The van der Waals surface area contributed by atoms with Gasteiger partial charge in [-0.1, -0.05) is 6.07 Å². The van der Waals surface area contributed by atoms with E-state index in [9.17, 15) is 0 Å². The third-order valence-electron chi connectivity index (χ3n) is 2.63. The molecule has 0 unspecified atom stereocenters. The summed E-state index contributed by atoms with van der Waals surface area (Å²) in [6.07, 6.45) is 2.44. The van der Waals surface area contributed by atoms with Crippen LogP contribution in [0.4, 0.5) is 0 Å². The van der Waals surface area contributed by atoms with E-state index in [0.717, 1.165) is 10.0 Å². The van der Waals surface area contributed by atoms with E-state index in [-0.39, 0.29) is 6.04 Å². The van der Waals surface area contributed by atoms with Crippen molar-refractivity contribution in [1.82, 2.24) is 0 Å². The SMILES string of the molecule is N#Cc1cc([C@H](N)C2CC2)ccc1Br. The second-order valence-corrected chi connectivity index (χ2v) is 4.57. The minimum absolute atomic E-state index is 0.107. The molecule has 0 radical (unpaired) electrons. The summed E-state index contributed by atoms with van der Waals surface area (Å²) in [5.74, 6) is 0.628. The molecule has 1 aromatic carbocycles. The van der Waals surface area contributed by atoms with Crippen LogP contribution < -0.4 is 5.73 Å². The predicted octanol–water partition coefficient (Wildman–Crippen LogP) is 2.73. The van der Waals surface area contributed by atoms with Crippen molar-refractivity contribution in [2.45, 2.75) is 18.9 Å². The third-order valence-corrected chi connectivity index (χ3v) is 3.32. The second-order valence-electron chi connectivity index (χ2n) is 3.71. The largest absolute Gasteiger partial charge is 0.324 e. The average Bonchev–Trinajstić information content (AvgIpc) is 3.01. The van der Waals surface area contributed by atoms with E-state index in [0.29, 0.717) is 11.5 Å². The van der Waals surface area contributed by atoms with Crippen LogP contribution in [-0.2, 0) is 0 Å². The Kier molecular flexibility index (Phi) is 2.58. The number of nitrogens with two attached hydrogens (primary N) is 1. The number of hydrogen-bond acceptors (Lipinski definition) is 2. The first-order valence-electron chi connectivity index (χ1n) is 4.67. The Morgan fingerprint density at radius 2 is 2.21 bits per heavy atom. The van der Waals surface area contributed by atoms with Crippen LogP contribution in [-0.4, -0.2) is 0 Å². The number of nitrogens with zero attached hydrogens (tertiary/aromatic N) is 1. The fourth-order valence-electron chi connectivity index (χ4n) is 1.56. The van der Waals surface area contributed by atoms with Crippen LogP contribution in [0, 0.1) is 17.2 Å². The van der Waals surface area contributed by atoms with Crippen LogP contribution in [0.3, 0.4) is 0 Å². The van der Waals surface area contributed by atoms with E-state index in [1.54, 1.807) is 0 Å². The first kappa shape index (κ1) is 9.70. The molecule has 1 saturated carbocycles. The molecular weight excluding hydrogens is 240 g/mol. The monoisotopic (exact) mass is 250 g/mol. The molecule has 1 aliphatic carbocycles. The molecule has 1 aliphatic rings. The van der Waals surface area contributed by atoms with Gasteiger partial charge in [0.15, 0.2) is 0 Å². The first-order valence-corrected chi connectivity index (χ1v) is 5.47. The lowest BCUT2D eigenvalue weighted by Crippen LogP contribution is -2.12. The summed E-state index contributed by atoms with van der Waals surface area (Å²) >= 11 is 3.33. The molecule has 0 saturated heterocycles. The van der Waals surface area contributed by atoms with Crippen LogP contribution in [0.1, 0.15) is 30.0 Å². The lowest BCUT2D eigenvalue weighted by atomic mass is 10.0. The molecule has 0 heterocycles. The molecule has 14 heavy (non-hydrogen) atoms. The van der Waals surface area contributed by atoms with Gasteiger partial charge in [0.25, 0.3) is 0 Å². The summed E-state index contributed by atoms with van der Waals surface area (Å²) < 4.78 is 0.840. The van der Waals surface area contributed by atoms with Gasteiger partial charge in [0, 0.05) is 10.5 Å². The Bertz CT molecular complexity index is 391.